The Labute approximate surface area is 134 Å². The van der Waals surface area contributed by atoms with Crippen molar-refractivity contribution >= 4 is 32.4 Å². The smallest absolute Gasteiger partial charge is 0.161 e. The van der Waals surface area contributed by atoms with Crippen molar-refractivity contribution in [3.05, 3.63) is 46.4 Å². The third-order valence-corrected chi connectivity index (χ3v) is 4.90. The summed E-state index contributed by atoms with van der Waals surface area (Å²) in [4.78, 5) is 0.624. The average molecular weight is 370 g/mol. The van der Waals surface area contributed by atoms with E-state index in [1.54, 1.807) is 32.4 Å². The molecule has 1 atom stereocenters. The highest BCUT2D eigenvalue weighted by Gasteiger charge is 2.12. The first kappa shape index (κ1) is 15.9. The Morgan fingerprint density at radius 3 is 2.48 bits per heavy atom. The molecule has 21 heavy (non-hydrogen) atoms. The molecular weight excluding hydrogens is 354 g/mol. The molecule has 2 aromatic carbocycles. The first-order valence-corrected chi connectivity index (χ1v) is 8.30. The van der Waals surface area contributed by atoms with E-state index in [2.05, 4.69) is 15.9 Å². The summed E-state index contributed by atoms with van der Waals surface area (Å²) in [5, 5.41) is 0. The maximum absolute atomic E-state index is 12.5. The molecule has 112 valence electrons. The van der Waals surface area contributed by atoms with Gasteiger partial charge in [-0.1, -0.05) is 22.0 Å². The summed E-state index contributed by atoms with van der Waals surface area (Å²) < 4.78 is 23.8. The van der Waals surface area contributed by atoms with Crippen LogP contribution in [0.15, 0.2) is 45.8 Å². The molecule has 0 spiro atoms. The fraction of sp³-hybridized carbons (Fsp3) is 0.200. The van der Waals surface area contributed by atoms with E-state index in [0.717, 1.165) is 10.0 Å². The van der Waals surface area contributed by atoms with Crippen LogP contribution >= 0.6 is 15.9 Å². The number of rotatable bonds is 5. The van der Waals surface area contributed by atoms with Gasteiger partial charge in [0, 0.05) is 10.2 Å². The van der Waals surface area contributed by atoms with E-state index in [9.17, 15) is 4.21 Å². The second kappa shape index (κ2) is 6.95. The summed E-state index contributed by atoms with van der Waals surface area (Å²) >= 11 is 3.37. The monoisotopic (exact) mass is 369 g/mol. The summed E-state index contributed by atoms with van der Waals surface area (Å²) in [5.74, 6) is 1.63. The Morgan fingerprint density at radius 2 is 1.81 bits per heavy atom. The van der Waals surface area contributed by atoms with Crippen LogP contribution in [-0.2, 0) is 16.6 Å². The van der Waals surface area contributed by atoms with Gasteiger partial charge >= 0.3 is 0 Å². The zero-order valence-electron chi connectivity index (χ0n) is 11.8. The minimum Gasteiger partial charge on any atom is -0.493 e. The SMILES string of the molecule is COc1ccc(CS(=O)c2cc(Br)ccc2N)cc1OC. The van der Waals surface area contributed by atoms with Gasteiger partial charge in [-0.25, -0.2) is 0 Å². The lowest BCUT2D eigenvalue weighted by atomic mass is 10.2. The van der Waals surface area contributed by atoms with Gasteiger partial charge < -0.3 is 15.2 Å². The molecule has 0 heterocycles. The van der Waals surface area contributed by atoms with Crippen LogP contribution in [0.5, 0.6) is 11.5 Å². The Morgan fingerprint density at radius 1 is 1.10 bits per heavy atom. The zero-order valence-corrected chi connectivity index (χ0v) is 14.2. The van der Waals surface area contributed by atoms with Gasteiger partial charge in [0.2, 0.25) is 0 Å². The lowest BCUT2D eigenvalue weighted by Gasteiger charge is -2.10. The van der Waals surface area contributed by atoms with Gasteiger partial charge in [-0.3, -0.25) is 4.21 Å². The standard InChI is InChI=1S/C15H16BrNO3S/c1-19-13-6-3-10(7-14(13)20-2)9-21(18)15-8-11(16)4-5-12(15)17/h3-8H,9,17H2,1-2H3. The molecule has 0 saturated heterocycles. The van der Waals surface area contributed by atoms with Crippen LogP contribution in [0.25, 0.3) is 0 Å². The topological polar surface area (TPSA) is 61.5 Å². The number of methoxy groups -OCH3 is 2. The number of nitrogen functional groups attached to an aromatic ring is 1. The molecule has 0 aliphatic carbocycles. The summed E-state index contributed by atoms with van der Waals surface area (Å²) in [5.41, 5.74) is 7.31. The molecule has 0 radical (unpaired) electrons. The van der Waals surface area contributed by atoms with E-state index >= 15 is 0 Å². The van der Waals surface area contributed by atoms with Crippen molar-refractivity contribution in [1.82, 2.24) is 0 Å². The van der Waals surface area contributed by atoms with Gasteiger partial charge in [0.1, 0.15) is 0 Å². The van der Waals surface area contributed by atoms with Gasteiger partial charge in [0.05, 0.1) is 35.7 Å². The van der Waals surface area contributed by atoms with Crippen molar-refractivity contribution in [1.29, 1.82) is 0 Å². The molecule has 0 saturated carbocycles. The highest BCUT2D eigenvalue weighted by atomic mass is 79.9. The summed E-state index contributed by atoms with van der Waals surface area (Å²) in [6.45, 7) is 0. The maximum atomic E-state index is 12.5. The van der Waals surface area contributed by atoms with Gasteiger partial charge in [-0.05, 0) is 35.9 Å². The molecule has 0 aliphatic rings. The minimum atomic E-state index is -1.23. The molecule has 2 N–H and O–H groups in total. The molecule has 6 heteroatoms. The molecule has 4 nitrogen and oxygen atoms in total. The number of anilines is 1. The molecule has 0 fully saturated rings. The average Bonchev–Trinajstić information content (AvgIpc) is 2.49. The number of halogens is 1. The van der Waals surface area contributed by atoms with Crippen LogP contribution in [-0.4, -0.2) is 18.4 Å². The number of hydrogen-bond donors (Lipinski definition) is 1. The van der Waals surface area contributed by atoms with Crippen molar-refractivity contribution in [2.45, 2.75) is 10.6 Å². The number of ether oxygens (including phenoxy) is 2. The zero-order chi connectivity index (χ0) is 15.4. The van der Waals surface area contributed by atoms with Crippen molar-refractivity contribution in [3.63, 3.8) is 0 Å². The molecule has 2 rings (SSSR count). The van der Waals surface area contributed by atoms with Gasteiger partial charge in [0.15, 0.2) is 11.5 Å². The van der Waals surface area contributed by atoms with E-state index in [-0.39, 0.29) is 0 Å². The van der Waals surface area contributed by atoms with Gasteiger partial charge in [0.25, 0.3) is 0 Å². The normalized spacial score (nSPS) is 12.0. The van der Waals surface area contributed by atoms with Crippen LogP contribution < -0.4 is 15.2 Å². The summed E-state index contributed by atoms with van der Waals surface area (Å²) in [6, 6.07) is 10.8. The highest BCUT2D eigenvalue weighted by Crippen LogP contribution is 2.29. The molecular formula is C15H16BrNO3S. The van der Waals surface area contributed by atoms with Crippen LogP contribution in [0.1, 0.15) is 5.56 Å². The van der Waals surface area contributed by atoms with Gasteiger partial charge in [-0.15, -0.1) is 0 Å². The van der Waals surface area contributed by atoms with Crippen molar-refractivity contribution in [3.8, 4) is 11.5 Å². The lowest BCUT2D eigenvalue weighted by molar-refractivity contribution is 0.354. The Hall–Kier alpha value is -1.53. The molecule has 1 unspecified atom stereocenters. The summed E-state index contributed by atoms with van der Waals surface area (Å²) in [7, 11) is 1.93. The van der Waals surface area contributed by atoms with Gasteiger partial charge in [-0.2, -0.15) is 0 Å². The Kier molecular flexibility index (Phi) is 5.25. The molecule has 0 amide bonds. The fourth-order valence-electron chi connectivity index (χ4n) is 1.90. The molecule has 0 bridgehead atoms. The maximum Gasteiger partial charge on any atom is 0.161 e. The van der Waals surface area contributed by atoms with E-state index in [1.807, 2.05) is 18.2 Å². The van der Waals surface area contributed by atoms with E-state index < -0.39 is 10.8 Å². The minimum absolute atomic E-state index is 0.362. The van der Waals surface area contributed by atoms with Crippen LogP contribution in [0.4, 0.5) is 5.69 Å². The van der Waals surface area contributed by atoms with Crippen molar-refractivity contribution in [2.75, 3.05) is 20.0 Å². The third-order valence-electron chi connectivity index (χ3n) is 2.97. The summed E-state index contributed by atoms with van der Waals surface area (Å²) in [6.07, 6.45) is 0. The first-order chi connectivity index (χ1) is 10.0. The number of hydrogen-bond acceptors (Lipinski definition) is 4. The predicted molar refractivity (Wildman–Crippen MR) is 88.2 cm³/mol. The fourth-order valence-corrected chi connectivity index (χ4v) is 3.64. The van der Waals surface area contributed by atoms with Crippen LogP contribution in [0, 0.1) is 0 Å². The van der Waals surface area contributed by atoms with Crippen LogP contribution in [0.2, 0.25) is 0 Å². The first-order valence-electron chi connectivity index (χ1n) is 6.19. The second-order valence-corrected chi connectivity index (χ2v) is 6.70. The second-order valence-electron chi connectivity index (χ2n) is 4.36. The third kappa shape index (κ3) is 3.77. The van der Waals surface area contributed by atoms with Crippen molar-refractivity contribution < 1.29 is 13.7 Å². The molecule has 0 aromatic heterocycles. The van der Waals surface area contributed by atoms with E-state index in [4.69, 9.17) is 15.2 Å². The Balaban J connectivity index is 2.25. The number of benzene rings is 2. The quantitative estimate of drug-likeness (QED) is 0.820. The predicted octanol–water partition coefficient (Wildman–Crippen LogP) is 3.36. The molecule has 0 aliphatic heterocycles. The largest absolute Gasteiger partial charge is 0.493 e. The highest BCUT2D eigenvalue weighted by molar-refractivity contribution is 9.10. The van der Waals surface area contributed by atoms with E-state index in [1.165, 1.54) is 0 Å². The van der Waals surface area contributed by atoms with Crippen LogP contribution in [0.3, 0.4) is 0 Å². The molecule has 2 aromatic rings. The lowest BCUT2D eigenvalue weighted by Crippen LogP contribution is -2.01. The van der Waals surface area contributed by atoms with Crippen molar-refractivity contribution in [2.24, 2.45) is 0 Å². The van der Waals surface area contributed by atoms with E-state index in [0.29, 0.717) is 27.8 Å². The number of nitrogens with two attached hydrogens (primary N) is 1. The Bertz CT molecular complexity index is 676.